The van der Waals surface area contributed by atoms with Crippen LogP contribution in [0.15, 0.2) is 18.2 Å². The van der Waals surface area contributed by atoms with Crippen molar-refractivity contribution in [2.24, 2.45) is 0 Å². The lowest BCUT2D eigenvalue weighted by atomic mass is 10.1. The van der Waals surface area contributed by atoms with Gasteiger partial charge < -0.3 is 19.5 Å². The maximum Gasteiger partial charge on any atom is 0.160 e. The van der Waals surface area contributed by atoms with Crippen molar-refractivity contribution in [3.63, 3.8) is 0 Å². The SMILES string of the molecule is COc1ccc(C[C@@H](C)NC[C@H]2CCCO2)cc1OC. The first-order valence-corrected chi connectivity index (χ1v) is 7.29. The van der Waals surface area contributed by atoms with Gasteiger partial charge in [0, 0.05) is 19.2 Å². The molecule has 112 valence electrons. The van der Waals surface area contributed by atoms with Crippen LogP contribution in [0.2, 0.25) is 0 Å². The molecule has 0 aliphatic carbocycles. The van der Waals surface area contributed by atoms with Crippen LogP contribution in [0.4, 0.5) is 0 Å². The summed E-state index contributed by atoms with van der Waals surface area (Å²) in [6.07, 6.45) is 3.72. The van der Waals surface area contributed by atoms with E-state index in [0.717, 1.165) is 31.1 Å². The maximum atomic E-state index is 5.62. The predicted molar refractivity (Wildman–Crippen MR) is 79.7 cm³/mol. The first kappa shape index (κ1) is 15.1. The first-order valence-electron chi connectivity index (χ1n) is 7.29. The van der Waals surface area contributed by atoms with Gasteiger partial charge in [-0.3, -0.25) is 0 Å². The van der Waals surface area contributed by atoms with Gasteiger partial charge in [0.15, 0.2) is 11.5 Å². The molecule has 1 fully saturated rings. The summed E-state index contributed by atoms with van der Waals surface area (Å²) in [6, 6.07) is 6.51. The van der Waals surface area contributed by atoms with Gasteiger partial charge in [-0.1, -0.05) is 6.07 Å². The van der Waals surface area contributed by atoms with Crippen LogP contribution in [-0.2, 0) is 11.2 Å². The van der Waals surface area contributed by atoms with Crippen LogP contribution < -0.4 is 14.8 Å². The Hall–Kier alpha value is -1.26. The minimum atomic E-state index is 0.392. The summed E-state index contributed by atoms with van der Waals surface area (Å²) >= 11 is 0. The number of benzene rings is 1. The van der Waals surface area contributed by atoms with E-state index >= 15 is 0 Å². The van der Waals surface area contributed by atoms with Crippen LogP contribution in [-0.4, -0.2) is 39.5 Å². The molecule has 1 N–H and O–H groups in total. The largest absolute Gasteiger partial charge is 0.493 e. The van der Waals surface area contributed by atoms with Gasteiger partial charge in [0.05, 0.1) is 20.3 Å². The van der Waals surface area contributed by atoms with Crippen molar-refractivity contribution in [2.75, 3.05) is 27.4 Å². The Morgan fingerprint density at radius 2 is 2.10 bits per heavy atom. The molecule has 0 amide bonds. The van der Waals surface area contributed by atoms with Gasteiger partial charge in [-0.25, -0.2) is 0 Å². The van der Waals surface area contributed by atoms with Crippen LogP contribution in [0.5, 0.6) is 11.5 Å². The molecule has 0 radical (unpaired) electrons. The first-order chi connectivity index (χ1) is 9.72. The lowest BCUT2D eigenvalue weighted by molar-refractivity contribution is 0.108. The van der Waals surface area contributed by atoms with E-state index in [9.17, 15) is 0 Å². The summed E-state index contributed by atoms with van der Waals surface area (Å²) in [5.74, 6) is 1.56. The molecule has 0 spiro atoms. The van der Waals surface area contributed by atoms with Gasteiger partial charge in [-0.05, 0) is 43.9 Å². The Morgan fingerprint density at radius 3 is 2.75 bits per heavy atom. The highest BCUT2D eigenvalue weighted by molar-refractivity contribution is 5.43. The second-order valence-electron chi connectivity index (χ2n) is 5.34. The molecular weight excluding hydrogens is 254 g/mol. The number of methoxy groups -OCH3 is 2. The molecule has 2 rings (SSSR count). The minimum absolute atomic E-state index is 0.392. The third-order valence-electron chi connectivity index (χ3n) is 3.71. The number of nitrogens with one attached hydrogen (secondary N) is 1. The Morgan fingerprint density at radius 1 is 1.30 bits per heavy atom. The average Bonchev–Trinajstić information content (AvgIpc) is 2.98. The molecule has 0 bridgehead atoms. The second kappa shape index (κ2) is 7.50. The minimum Gasteiger partial charge on any atom is -0.493 e. The van der Waals surface area contributed by atoms with Crippen molar-refractivity contribution < 1.29 is 14.2 Å². The van der Waals surface area contributed by atoms with Gasteiger partial charge in [-0.2, -0.15) is 0 Å². The highest BCUT2D eigenvalue weighted by Crippen LogP contribution is 2.27. The standard InChI is InChI=1S/C16H25NO3/c1-12(17-11-14-5-4-8-20-14)9-13-6-7-15(18-2)16(10-13)19-3/h6-7,10,12,14,17H,4-5,8-9,11H2,1-3H3/t12-,14-/m1/s1. The Bertz CT molecular complexity index is 416. The van der Waals surface area contributed by atoms with Crippen LogP contribution in [0.3, 0.4) is 0 Å². The summed E-state index contributed by atoms with van der Waals surface area (Å²) in [5.41, 5.74) is 1.25. The van der Waals surface area contributed by atoms with E-state index in [1.807, 2.05) is 12.1 Å². The van der Waals surface area contributed by atoms with Gasteiger partial charge >= 0.3 is 0 Å². The van der Waals surface area contributed by atoms with Crippen LogP contribution >= 0.6 is 0 Å². The summed E-state index contributed by atoms with van der Waals surface area (Å²) in [4.78, 5) is 0. The molecule has 1 aliphatic heterocycles. The molecule has 4 heteroatoms. The van der Waals surface area contributed by atoms with Crippen LogP contribution in [0.25, 0.3) is 0 Å². The fraction of sp³-hybridized carbons (Fsp3) is 0.625. The fourth-order valence-corrected chi connectivity index (χ4v) is 2.57. The van der Waals surface area contributed by atoms with Crippen molar-refractivity contribution in [2.45, 2.75) is 38.3 Å². The molecular formula is C16H25NO3. The molecule has 2 atom stereocenters. The smallest absolute Gasteiger partial charge is 0.160 e. The highest BCUT2D eigenvalue weighted by Gasteiger charge is 2.16. The van der Waals surface area contributed by atoms with E-state index in [-0.39, 0.29) is 0 Å². The van der Waals surface area contributed by atoms with Crippen molar-refractivity contribution in [1.82, 2.24) is 5.32 Å². The Labute approximate surface area is 121 Å². The summed E-state index contributed by atoms with van der Waals surface area (Å²) in [5, 5.41) is 3.54. The normalized spacial score (nSPS) is 19.9. The van der Waals surface area contributed by atoms with E-state index in [4.69, 9.17) is 14.2 Å². The third kappa shape index (κ3) is 4.12. The molecule has 0 aromatic heterocycles. The number of rotatable bonds is 7. The monoisotopic (exact) mass is 279 g/mol. The molecule has 1 aliphatic rings. The summed E-state index contributed by atoms with van der Waals surface area (Å²) in [6.45, 7) is 4.05. The van der Waals surface area contributed by atoms with Crippen LogP contribution in [0.1, 0.15) is 25.3 Å². The molecule has 0 unspecified atom stereocenters. The van der Waals surface area contributed by atoms with E-state index in [0.29, 0.717) is 12.1 Å². The van der Waals surface area contributed by atoms with Gasteiger partial charge in [-0.15, -0.1) is 0 Å². The van der Waals surface area contributed by atoms with Crippen molar-refractivity contribution in [3.05, 3.63) is 23.8 Å². The molecule has 1 saturated heterocycles. The van der Waals surface area contributed by atoms with Gasteiger partial charge in [0.1, 0.15) is 0 Å². The van der Waals surface area contributed by atoms with Crippen LogP contribution in [0, 0.1) is 0 Å². The third-order valence-corrected chi connectivity index (χ3v) is 3.71. The zero-order chi connectivity index (χ0) is 14.4. The molecule has 0 saturated carbocycles. The van der Waals surface area contributed by atoms with E-state index in [1.165, 1.54) is 18.4 Å². The van der Waals surface area contributed by atoms with E-state index in [1.54, 1.807) is 14.2 Å². The predicted octanol–water partition coefficient (Wildman–Crippen LogP) is 2.40. The Kier molecular flexibility index (Phi) is 5.68. The molecule has 1 heterocycles. The maximum absolute atomic E-state index is 5.62. The second-order valence-corrected chi connectivity index (χ2v) is 5.34. The average molecular weight is 279 g/mol. The number of hydrogen-bond donors (Lipinski definition) is 1. The summed E-state index contributed by atoms with van der Waals surface area (Å²) in [7, 11) is 3.32. The zero-order valence-corrected chi connectivity index (χ0v) is 12.6. The van der Waals surface area contributed by atoms with Crippen molar-refractivity contribution in [1.29, 1.82) is 0 Å². The topological polar surface area (TPSA) is 39.7 Å². The fourth-order valence-electron chi connectivity index (χ4n) is 2.57. The molecule has 20 heavy (non-hydrogen) atoms. The highest BCUT2D eigenvalue weighted by atomic mass is 16.5. The molecule has 4 nitrogen and oxygen atoms in total. The molecule has 1 aromatic carbocycles. The van der Waals surface area contributed by atoms with Crippen molar-refractivity contribution >= 4 is 0 Å². The van der Waals surface area contributed by atoms with Gasteiger partial charge in [0.25, 0.3) is 0 Å². The lowest BCUT2D eigenvalue weighted by Gasteiger charge is -2.17. The summed E-state index contributed by atoms with van der Waals surface area (Å²) < 4.78 is 16.2. The lowest BCUT2D eigenvalue weighted by Crippen LogP contribution is -2.34. The van der Waals surface area contributed by atoms with Gasteiger partial charge in [0.2, 0.25) is 0 Å². The van der Waals surface area contributed by atoms with E-state index < -0.39 is 0 Å². The number of ether oxygens (including phenoxy) is 3. The Balaban J connectivity index is 1.85. The van der Waals surface area contributed by atoms with E-state index in [2.05, 4.69) is 18.3 Å². The quantitative estimate of drug-likeness (QED) is 0.832. The number of hydrogen-bond acceptors (Lipinski definition) is 4. The molecule has 1 aromatic rings. The zero-order valence-electron chi connectivity index (χ0n) is 12.6. The van der Waals surface area contributed by atoms with Crippen molar-refractivity contribution in [3.8, 4) is 11.5 Å².